The van der Waals surface area contributed by atoms with E-state index in [1.54, 1.807) is 22.3 Å². The van der Waals surface area contributed by atoms with E-state index < -0.39 is 0 Å². The van der Waals surface area contributed by atoms with Crippen LogP contribution < -0.4 is 0 Å². The summed E-state index contributed by atoms with van der Waals surface area (Å²) in [6, 6.07) is 97.0. The Kier molecular flexibility index (Phi) is 32.9. The predicted molar refractivity (Wildman–Crippen MR) is 628 cm³/mol. The van der Waals surface area contributed by atoms with Gasteiger partial charge in [0.15, 0.2) is 0 Å². The Morgan fingerprint density at radius 3 is 0.463 bits per heavy atom. The SMILES string of the molecule is CCCCCCCC1(CCCCCCC)c2ccccc2-c2ccc(C#Cc3ccc4c(c3)C3(CC5(C3)CC3(C5)c5cc(C#Cc6ccc7c(c6)C(CCCCCCC)(CCCCCCC)c6ccccc6-7)ccc5-c5ccc(C#Cc6ccc7c(c6)C(CCCCCCC)(CCCCCCC)c6ccccc6-7)cc53)c3cc(C#Cc5ccc6c(c5)C(CCCCCCC)(CCCCCCC)c5ccccc5-6)ccc3-4)cc21. The van der Waals surface area contributed by atoms with Gasteiger partial charge in [-0.15, -0.1) is 0 Å². The Morgan fingerprint density at radius 2 is 0.293 bits per heavy atom. The molecule has 0 aromatic heterocycles. The molecule has 147 heavy (non-hydrogen) atoms. The van der Waals surface area contributed by atoms with Crippen LogP contribution >= 0.6 is 0 Å². The normalized spacial score (nSPS) is 15.6. The van der Waals surface area contributed by atoms with Crippen molar-refractivity contribution in [3.8, 4) is 114 Å². The number of fused-ring (bicyclic) bond motifs is 22. The molecule has 0 heteroatoms. The number of hydrogen-bond acceptors (Lipinski definition) is 0. The highest BCUT2D eigenvalue weighted by atomic mass is 14.7. The molecular weight excluding hydrogens is 1770 g/mol. The number of benzene rings is 12. The van der Waals surface area contributed by atoms with Gasteiger partial charge in [0.25, 0.3) is 0 Å². The first-order chi connectivity index (χ1) is 72.4. The fourth-order valence-corrected chi connectivity index (χ4v) is 30.4. The minimum Gasteiger partial charge on any atom is -0.0654 e. The van der Waals surface area contributed by atoms with Crippen molar-refractivity contribution < 1.29 is 0 Å². The average molecular weight is 1930 g/mol. The lowest BCUT2D eigenvalue weighted by molar-refractivity contribution is -0.0735. The van der Waals surface area contributed by atoms with Gasteiger partial charge < -0.3 is 0 Å². The topological polar surface area (TPSA) is 0 Å². The van der Waals surface area contributed by atoms with Gasteiger partial charge >= 0.3 is 0 Å². The Morgan fingerprint density at radius 1 is 0.150 bits per heavy atom. The van der Waals surface area contributed by atoms with Crippen molar-refractivity contribution in [1.82, 2.24) is 0 Å². The molecule has 3 spiro atoms. The van der Waals surface area contributed by atoms with Crippen LogP contribution in [0.1, 0.15) is 501 Å². The number of hydrogen-bond donors (Lipinski definition) is 0. The molecule has 20 rings (SSSR count). The van der Waals surface area contributed by atoms with E-state index in [-0.39, 0.29) is 37.9 Å². The summed E-state index contributed by atoms with van der Waals surface area (Å²) in [5.41, 5.74) is 43.5. The smallest absolute Gasteiger partial charge is 0.0252 e. The molecule has 2 saturated carbocycles. The maximum absolute atomic E-state index is 3.95. The highest BCUT2D eigenvalue weighted by Gasteiger charge is 2.70. The lowest BCUT2D eigenvalue weighted by Gasteiger charge is -2.67. The Labute approximate surface area is 888 Å². The van der Waals surface area contributed by atoms with E-state index in [1.165, 1.54) is 419 Å². The summed E-state index contributed by atoms with van der Waals surface area (Å²) in [7, 11) is 0. The molecule has 12 aromatic rings. The molecule has 8 aliphatic carbocycles. The van der Waals surface area contributed by atoms with Gasteiger partial charge in [-0.3, -0.25) is 0 Å². The second-order valence-electron chi connectivity index (χ2n) is 47.3. The largest absolute Gasteiger partial charge is 0.0654 e. The van der Waals surface area contributed by atoms with Crippen LogP contribution in [0.5, 0.6) is 0 Å². The third-order valence-corrected chi connectivity index (χ3v) is 37.6. The monoisotopic (exact) mass is 1930 g/mol. The molecule has 0 bridgehead atoms. The molecule has 0 heterocycles. The molecule has 756 valence electrons. The van der Waals surface area contributed by atoms with Gasteiger partial charge in [0.1, 0.15) is 0 Å². The van der Waals surface area contributed by atoms with Crippen LogP contribution in [-0.4, -0.2) is 0 Å². The minimum absolute atomic E-state index is 0.0100. The van der Waals surface area contributed by atoms with Crippen molar-refractivity contribution in [3.05, 3.63) is 354 Å². The van der Waals surface area contributed by atoms with Crippen molar-refractivity contribution in [2.24, 2.45) is 5.41 Å². The first-order valence-electron chi connectivity index (χ1n) is 60.0. The van der Waals surface area contributed by atoms with E-state index in [1.807, 2.05) is 0 Å². The first-order valence-corrected chi connectivity index (χ1v) is 60.0. The van der Waals surface area contributed by atoms with E-state index >= 15 is 0 Å². The van der Waals surface area contributed by atoms with Crippen LogP contribution in [0.3, 0.4) is 0 Å². The van der Waals surface area contributed by atoms with E-state index in [9.17, 15) is 0 Å². The van der Waals surface area contributed by atoms with Crippen LogP contribution in [0, 0.1) is 52.8 Å². The Balaban J connectivity index is 0.681. The van der Waals surface area contributed by atoms with Gasteiger partial charge in [-0.05, 0) is 313 Å². The van der Waals surface area contributed by atoms with Gasteiger partial charge in [-0.1, -0.05) is 505 Å². The van der Waals surface area contributed by atoms with Gasteiger partial charge in [-0.2, -0.15) is 0 Å². The van der Waals surface area contributed by atoms with Crippen molar-refractivity contribution in [3.63, 3.8) is 0 Å². The fraction of sp³-hybridized carbons (Fsp3) is 0.456. The molecule has 2 fully saturated rings. The van der Waals surface area contributed by atoms with Crippen molar-refractivity contribution in [2.45, 2.75) is 422 Å². The fourth-order valence-electron chi connectivity index (χ4n) is 30.4. The zero-order chi connectivity index (χ0) is 101. The number of rotatable bonds is 48. The zero-order valence-electron chi connectivity index (χ0n) is 91.4. The molecule has 0 radical (unpaired) electrons. The molecule has 0 unspecified atom stereocenters. The predicted octanol–water partition coefficient (Wildman–Crippen LogP) is 41.0. The quantitative estimate of drug-likeness (QED) is 0.0263. The maximum atomic E-state index is 3.95. The first kappa shape index (κ1) is 103. The molecule has 8 aliphatic rings. The standard InChI is InChI=1S/C147H168/c1-9-17-25-33-49-89-142(90-50-34-26-18-10-2)129-61-45-41-57-117(129)121-81-73-109(97-133(121)142)65-69-113-77-85-125-126-86-78-114(70-66-110-74-82-122-118-58-42-46-62-130(118)143(134(122)98-110,91-51-35-27-19-11-3)92-52-36-28-20-12-4)102-138(126)146(137(125)101-113)105-141(106-146)107-147(108-141)139-103-115(71-67-111-75-83-123-119-59-43-47-63-131(119)144(135(123)99-111,93-53-37-29-21-13-5)94-54-38-30-22-14-6)79-87-127(139)128-88-80-116(104-140(128)147)72-68-112-76-84-124-120-60-44-48-64-132(120)145(136(124)100-112,95-55-39-31-23-15-7)96-56-40-32-24-16-8/h41-48,57-64,73-88,97-104H,9-40,49-56,89-96,105-108H2,1-8H3. The van der Waals surface area contributed by atoms with Gasteiger partial charge in [-0.25, -0.2) is 0 Å². The average Bonchev–Trinajstić information content (AvgIpc) is 1.44. The second kappa shape index (κ2) is 47.0. The zero-order valence-corrected chi connectivity index (χ0v) is 91.4. The van der Waals surface area contributed by atoms with Crippen LogP contribution in [-0.2, 0) is 32.5 Å². The Hall–Kier alpha value is -11.1. The molecule has 0 nitrogen and oxygen atoms in total. The van der Waals surface area contributed by atoms with E-state index in [0.717, 1.165) is 70.2 Å². The Bertz CT molecular complexity index is 6050. The molecule has 12 aromatic carbocycles. The molecular formula is C147H168. The second-order valence-corrected chi connectivity index (χ2v) is 47.3. The highest BCUT2D eigenvalue weighted by Crippen LogP contribution is 2.78. The summed E-state index contributed by atoms with van der Waals surface area (Å²) in [5, 5.41) is 0. The minimum atomic E-state index is -0.231. The summed E-state index contributed by atoms with van der Waals surface area (Å²) in [6.45, 7) is 18.8. The van der Waals surface area contributed by atoms with Gasteiger partial charge in [0.2, 0.25) is 0 Å². The van der Waals surface area contributed by atoms with Gasteiger partial charge in [0, 0.05) is 77.0 Å². The summed E-state index contributed by atoms with van der Waals surface area (Å²) < 4.78 is 0. The summed E-state index contributed by atoms with van der Waals surface area (Å²) in [4.78, 5) is 0. The van der Waals surface area contributed by atoms with Crippen molar-refractivity contribution in [1.29, 1.82) is 0 Å². The molecule has 0 aliphatic heterocycles. The van der Waals surface area contributed by atoms with Crippen molar-refractivity contribution >= 4 is 0 Å². The van der Waals surface area contributed by atoms with Crippen LogP contribution in [0.25, 0.3) is 66.8 Å². The summed E-state index contributed by atoms with van der Waals surface area (Å²) >= 11 is 0. The van der Waals surface area contributed by atoms with Crippen molar-refractivity contribution in [2.75, 3.05) is 0 Å². The van der Waals surface area contributed by atoms with Crippen LogP contribution in [0.4, 0.5) is 0 Å². The third-order valence-electron chi connectivity index (χ3n) is 37.6. The molecule has 0 amide bonds. The van der Waals surface area contributed by atoms with Crippen LogP contribution in [0.2, 0.25) is 0 Å². The lowest BCUT2D eigenvalue weighted by Crippen LogP contribution is -2.61. The van der Waals surface area contributed by atoms with Gasteiger partial charge in [0.05, 0.1) is 0 Å². The van der Waals surface area contributed by atoms with E-state index in [2.05, 4.69) is 345 Å². The molecule has 0 N–H and O–H groups in total. The van der Waals surface area contributed by atoms with Crippen LogP contribution in [0.15, 0.2) is 243 Å². The number of unbranched alkanes of at least 4 members (excludes halogenated alkanes) is 32. The maximum Gasteiger partial charge on any atom is 0.0252 e. The molecule has 0 atom stereocenters. The molecule has 0 saturated heterocycles. The van der Waals surface area contributed by atoms with E-state index in [0.29, 0.717) is 0 Å². The summed E-state index contributed by atoms with van der Waals surface area (Å²) in [5.74, 6) is 31.5. The van der Waals surface area contributed by atoms with E-state index in [4.69, 9.17) is 0 Å². The summed E-state index contributed by atoms with van der Waals surface area (Å²) in [6.07, 6.45) is 65.4. The third kappa shape index (κ3) is 20.5. The highest BCUT2D eigenvalue weighted by molar-refractivity contribution is 5.90. The lowest BCUT2D eigenvalue weighted by atomic mass is 9.36.